The van der Waals surface area contributed by atoms with Gasteiger partial charge in [0.05, 0.1) is 24.6 Å². The van der Waals surface area contributed by atoms with Gasteiger partial charge in [-0.05, 0) is 24.3 Å². The van der Waals surface area contributed by atoms with Crippen LogP contribution in [0.1, 0.15) is 20.9 Å². The number of nitrogen functional groups attached to an aromatic ring is 1. The van der Waals surface area contributed by atoms with Crippen LogP contribution in [0.2, 0.25) is 0 Å². The van der Waals surface area contributed by atoms with E-state index in [1.807, 2.05) is 0 Å². The van der Waals surface area contributed by atoms with Gasteiger partial charge in [0.15, 0.2) is 17.4 Å². The minimum Gasteiger partial charge on any atom is -0.465 e. The lowest BCUT2D eigenvalue weighted by molar-refractivity contribution is 0.0601. The van der Waals surface area contributed by atoms with Gasteiger partial charge in [0.2, 0.25) is 0 Å². The average molecular weight is 382 g/mol. The van der Waals surface area contributed by atoms with E-state index in [4.69, 9.17) is 14.9 Å². The van der Waals surface area contributed by atoms with Crippen molar-refractivity contribution in [2.45, 2.75) is 0 Å². The average Bonchev–Trinajstić information content (AvgIpc) is 3.27. The highest BCUT2D eigenvalue weighted by Gasteiger charge is 2.19. The summed E-state index contributed by atoms with van der Waals surface area (Å²) in [5.74, 6) is -0.328. The highest BCUT2D eigenvalue weighted by atomic mass is 16.5. The predicted octanol–water partition coefficient (Wildman–Crippen LogP) is 1.96. The number of nitrogens with zero attached hydrogens (tertiary/aromatic N) is 3. The Kier molecular flexibility index (Phi) is 5.40. The molecule has 10 nitrogen and oxygen atoms in total. The number of carbonyl (C=O) groups excluding carboxylic acids is 2. The number of ether oxygens (including phenoxy) is 1. The van der Waals surface area contributed by atoms with E-state index in [0.29, 0.717) is 17.1 Å². The molecule has 0 spiro atoms. The third kappa shape index (κ3) is 3.70. The Morgan fingerprint density at radius 1 is 1.18 bits per heavy atom. The fourth-order valence-electron chi connectivity index (χ4n) is 2.50. The molecule has 28 heavy (non-hydrogen) atoms. The number of hydrogen-bond donors (Lipinski definition) is 3. The summed E-state index contributed by atoms with van der Waals surface area (Å²) in [6, 6.07) is 9.99. The minimum atomic E-state index is -0.492. The van der Waals surface area contributed by atoms with Gasteiger partial charge in [0, 0.05) is 7.05 Å². The summed E-state index contributed by atoms with van der Waals surface area (Å²) < 4.78 is 9.83. The maximum absolute atomic E-state index is 12.0. The lowest BCUT2D eigenvalue weighted by Gasteiger charge is -2.22. The van der Waals surface area contributed by atoms with Crippen LogP contribution >= 0.6 is 0 Å². The van der Waals surface area contributed by atoms with Crippen molar-refractivity contribution < 1.29 is 18.7 Å². The predicted molar refractivity (Wildman–Crippen MR) is 102 cm³/mol. The number of aromatic nitrogens is 2. The largest absolute Gasteiger partial charge is 0.465 e. The van der Waals surface area contributed by atoms with Crippen molar-refractivity contribution in [3.63, 3.8) is 0 Å². The van der Waals surface area contributed by atoms with Crippen molar-refractivity contribution in [1.29, 1.82) is 0 Å². The summed E-state index contributed by atoms with van der Waals surface area (Å²) in [6.45, 7) is 0. The zero-order chi connectivity index (χ0) is 20.1. The second-order valence-electron chi connectivity index (χ2n) is 5.58. The molecule has 10 heteroatoms. The monoisotopic (exact) mass is 382 g/mol. The maximum Gasteiger partial charge on any atom is 0.339 e. The van der Waals surface area contributed by atoms with Gasteiger partial charge < -0.3 is 19.8 Å². The topological polar surface area (TPSA) is 136 Å². The first-order valence-electron chi connectivity index (χ1n) is 8.14. The number of benzene rings is 1. The first kappa shape index (κ1) is 18.7. The van der Waals surface area contributed by atoms with Crippen LogP contribution in [-0.4, -0.2) is 36.0 Å². The van der Waals surface area contributed by atoms with E-state index in [1.54, 1.807) is 42.3 Å². The molecular weight excluding hydrogens is 364 g/mol. The summed E-state index contributed by atoms with van der Waals surface area (Å²) in [7, 11) is 3.01. The Bertz CT molecular complexity index is 990. The quantitative estimate of drug-likeness (QED) is 0.432. The van der Waals surface area contributed by atoms with Crippen molar-refractivity contribution in [2.24, 2.45) is 0 Å². The van der Waals surface area contributed by atoms with Gasteiger partial charge in [-0.1, -0.05) is 12.1 Å². The third-order valence-corrected chi connectivity index (χ3v) is 3.89. The second-order valence-corrected chi connectivity index (χ2v) is 5.58. The Morgan fingerprint density at radius 2 is 1.96 bits per heavy atom. The summed E-state index contributed by atoms with van der Waals surface area (Å²) >= 11 is 0. The molecule has 0 bridgehead atoms. The molecule has 2 aromatic heterocycles. The van der Waals surface area contributed by atoms with Crippen molar-refractivity contribution in [3.8, 4) is 0 Å². The van der Waals surface area contributed by atoms with Crippen molar-refractivity contribution >= 4 is 34.9 Å². The highest BCUT2D eigenvalue weighted by molar-refractivity contribution is 5.97. The van der Waals surface area contributed by atoms with E-state index in [-0.39, 0.29) is 17.3 Å². The van der Waals surface area contributed by atoms with Crippen LogP contribution < -0.4 is 21.5 Å². The normalized spacial score (nSPS) is 10.2. The minimum absolute atomic E-state index is 0.129. The van der Waals surface area contributed by atoms with Crippen LogP contribution in [0.4, 0.5) is 23.0 Å². The number of esters is 1. The Balaban J connectivity index is 1.85. The molecule has 0 aliphatic carbocycles. The molecule has 0 fully saturated rings. The van der Waals surface area contributed by atoms with Crippen LogP contribution in [0.5, 0.6) is 0 Å². The lowest BCUT2D eigenvalue weighted by Crippen LogP contribution is -2.30. The number of carbonyl (C=O) groups is 2. The number of anilines is 4. The van der Waals surface area contributed by atoms with Crippen LogP contribution in [-0.2, 0) is 4.74 Å². The van der Waals surface area contributed by atoms with Gasteiger partial charge in [-0.3, -0.25) is 15.6 Å². The van der Waals surface area contributed by atoms with E-state index in [2.05, 4.69) is 20.8 Å². The Morgan fingerprint density at radius 3 is 2.68 bits per heavy atom. The van der Waals surface area contributed by atoms with E-state index < -0.39 is 11.9 Å². The zero-order valence-corrected chi connectivity index (χ0v) is 15.2. The number of amides is 1. The highest BCUT2D eigenvalue weighted by Crippen LogP contribution is 2.32. The van der Waals surface area contributed by atoms with Gasteiger partial charge in [0.1, 0.15) is 12.0 Å². The number of hydrazine groups is 1. The smallest absolute Gasteiger partial charge is 0.339 e. The SMILES string of the molecule is COC(=O)c1ccccc1N(C)c1ncnc(NNC(=O)c2ccco2)c1N. The molecule has 0 aliphatic heterocycles. The van der Waals surface area contributed by atoms with Gasteiger partial charge in [-0.2, -0.15) is 0 Å². The number of hydrogen-bond acceptors (Lipinski definition) is 9. The molecule has 2 heterocycles. The number of methoxy groups -OCH3 is 1. The number of nitrogens with one attached hydrogen (secondary N) is 2. The molecule has 0 aliphatic rings. The van der Waals surface area contributed by atoms with Gasteiger partial charge in [-0.25, -0.2) is 14.8 Å². The summed E-state index contributed by atoms with van der Waals surface area (Å²) in [5, 5.41) is 0. The number of nitrogens with two attached hydrogens (primary N) is 1. The number of furan rings is 1. The van der Waals surface area contributed by atoms with Crippen molar-refractivity contribution in [3.05, 3.63) is 60.3 Å². The lowest BCUT2D eigenvalue weighted by atomic mass is 10.1. The molecule has 0 saturated heterocycles. The second kappa shape index (κ2) is 8.08. The molecule has 144 valence electrons. The van der Waals surface area contributed by atoms with E-state index in [1.165, 1.54) is 25.8 Å². The third-order valence-electron chi connectivity index (χ3n) is 3.89. The maximum atomic E-state index is 12.0. The summed E-state index contributed by atoms with van der Waals surface area (Å²) in [4.78, 5) is 33.8. The van der Waals surface area contributed by atoms with E-state index >= 15 is 0 Å². The molecular formula is C18H18N6O4. The van der Waals surface area contributed by atoms with Crippen molar-refractivity contribution in [1.82, 2.24) is 15.4 Å². The fourth-order valence-corrected chi connectivity index (χ4v) is 2.50. The molecule has 3 rings (SSSR count). The molecule has 0 atom stereocenters. The van der Waals surface area contributed by atoms with Gasteiger partial charge >= 0.3 is 11.9 Å². The first-order valence-corrected chi connectivity index (χ1v) is 8.14. The summed E-state index contributed by atoms with van der Waals surface area (Å²) in [5.41, 5.74) is 12.3. The van der Waals surface area contributed by atoms with Crippen LogP contribution in [0, 0.1) is 0 Å². The van der Waals surface area contributed by atoms with E-state index in [9.17, 15) is 9.59 Å². The van der Waals surface area contributed by atoms with Crippen LogP contribution in [0.25, 0.3) is 0 Å². The fraction of sp³-hybridized carbons (Fsp3) is 0.111. The molecule has 4 N–H and O–H groups in total. The van der Waals surface area contributed by atoms with Crippen LogP contribution in [0.3, 0.4) is 0 Å². The summed E-state index contributed by atoms with van der Waals surface area (Å²) in [6.07, 6.45) is 2.67. The van der Waals surface area contributed by atoms with Gasteiger partial charge in [-0.15, -0.1) is 0 Å². The Hall–Kier alpha value is -4.08. The molecule has 3 aromatic rings. The molecule has 1 aromatic carbocycles. The van der Waals surface area contributed by atoms with Crippen molar-refractivity contribution in [2.75, 3.05) is 30.2 Å². The molecule has 1 amide bonds. The number of para-hydroxylation sites is 1. The molecule has 0 unspecified atom stereocenters. The van der Waals surface area contributed by atoms with E-state index in [0.717, 1.165) is 0 Å². The zero-order valence-electron chi connectivity index (χ0n) is 15.2. The Labute approximate surface area is 160 Å². The molecule has 0 saturated carbocycles. The van der Waals surface area contributed by atoms with Crippen LogP contribution in [0.15, 0.2) is 53.4 Å². The van der Waals surface area contributed by atoms with Gasteiger partial charge in [0.25, 0.3) is 0 Å². The molecule has 0 radical (unpaired) electrons. The first-order chi connectivity index (χ1) is 13.5. The standard InChI is InChI=1S/C18H18N6O4/c1-24(12-7-4-3-6-11(12)18(26)27-2)16-14(19)15(20-10-21-16)22-23-17(25)13-8-5-9-28-13/h3-10H,19H2,1-2H3,(H,23,25)(H,20,21,22). The number of rotatable bonds is 6.